The minimum absolute atomic E-state index is 0.180. The van der Waals surface area contributed by atoms with Crippen LogP contribution in [-0.2, 0) is 7.05 Å². The molecule has 10 heteroatoms. The lowest BCUT2D eigenvalue weighted by Gasteiger charge is -2.14. The maximum Gasteiger partial charge on any atom is 0.284 e. The smallest absolute Gasteiger partial charge is 0.284 e. The molecule has 0 aliphatic heterocycles. The van der Waals surface area contributed by atoms with Gasteiger partial charge in [0.05, 0.1) is 27.5 Å². The molecule has 0 bridgehead atoms. The molecule has 0 saturated carbocycles. The quantitative estimate of drug-likeness (QED) is 0.490. The first kappa shape index (κ1) is 20.0. The van der Waals surface area contributed by atoms with Crippen molar-refractivity contribution >= 4 is 23.4 Å². The van der Waals surface area contributed by atoms with Crippen molar-refractivity contribution in [3.63, 3.8) is 0 Å². The Morgan fingerprint density at radius 2 is 2.03 bits per heavy atom. The van der Waals surface area contributed by atoms with Gasteiger partial charge in [-0.15, -0.1) is 10.2 Å². The zero-order valence-electron chi connectivity index (χ0n) is 15.6. The summed E-state index contributed by atoms with van der Waals surface area (Å²) in [6.07, 6.45) is 1.50. The third kappa shape index (κ3) is 4.59. The Hall–Kier alpha value is -3.71. The van der Waals surface area contributed by atoms with Crippen LogP contribution >= 0.6 is 11.8 Å². The molecule has 0 radical (unpaired) electrons. The Balaban J connectivity index is 1.79. The minimum Gasteiger partial charge on any atom is -0.346 e. The van der Waals surface area contributed by atoms with Gasteiger partial charge < -0.3 is 9.88 Å². The molecule has 9 nitrogen and oxygen atoms in total. The van der Waals surface area contributed by atoms with E-state index < -0.39 is 10.8 Å². The highest BCUT2D eigenvalue weighted by Gasteiger charge is 2.21. The molecule has 1 amide bonds. The minimum atomic E-state index is -0.528. The molecular formula is C19H16N6O3S. The van der Waals surface area contributed by atoms with E-state index in [1.54, 1.807) is 42.8 Å². The molecule has 0 aliphatic carbocycles. The second-order valence-electron chi connectivity index (χ2n) is 6.20. The molecule has 0 fully saturated rings. The summed E-state index contributed by atoms with van der Waals surface area (Å²) < 4.78 is 1.65. The number of carbonyl (C=O) groups is 1. The van der Waals surface area contributed by atoms with Gasteiger partial charge in [0.1, 0.15) is 6.33 Å². The monoisotopic (exact) mass is 408 g/mol. The molecule has 1 aromatic heterocycles. The van der Waals surface area contributed by atoms with E-state index in [2.05, 4.69) is 15.5 Å². The summed E-state index contributed by atoms with van der Waals surface area (Å²) in [5.74, 6) is -0.430. The van der Waals surface area contributed by atoms with Crippen molar-refractivity contribution in [2.45, 2.75) is 23.0 Å². The van der Waals surface area contributed by atoms with Crippen LogP contribution in [0.1, 0.15) is 34.5 Å². The molecule has 146 valence electrons. The molecule has 3 rings (SSSR count). The summed E-state index contributed by atoms with van der Waals surface area (Å²) in [6.45, 7) is 1.80. The number of carbonyl (C=O) groups excluding carboxylic acids is 1. The van der Waals surface area contributed by atoms with Gasteiger partial charge in [-0.3, -0.25) is 14.9 Å². The second-order valence-corrected chi connectivity index (χ2v) is 7.20. The number of aromatic nitrogens is 3. The highest BCUT2D eigenvalue weighted by Crippen LogP contribution is 2.34. The van der Waals surface area contributed by atoms with Crippen LogP contribution in [-0.4, -0.2) is 25.6 Å². The molecular weight excluding hydrogens is 392 g/mol. The first-order chi connectivity index (χ1) is 13.9. The van der Waals surface area contributed by atoms with E-state index in [0.29, 0.717) is 15.6 Å². The van der Waals surface area contributed by atoms with Crippen molar-refractivity contribution < 1.29 is 9.72 Å². The molecule has 1 N–H and O–H groups in total. The average molecular weight is 408 g/mol. The number of nitro benzene ring substituents is 1. The number of aryl methyl sites for hydroxylation is 1. The molecule has 29 heavy (non-hydrogen) atoms. The summed E-state index contributed by atoms with van der Waals surface area (Å²) in [5, 5.41) is 31.3. The molecule has 0 aliphatic rings. The number of nitrogens with one attached hydrogen (secondary N) is 1. The number of nitrogens with zero attached hydrogens (tertiary/aromatic N) is 5. The molecule has 1 heterocycles. The van der Waals surface area contributed by atoms with E-state index >= 15 is 0 Å². The lowest BCUT2D eigenvalue weighted by atomic mass is 10.1. The van der Waals surface area contributed by atoms with Crippen LogP contribution in [0.2, 0.25) is 0 Å². The Bertz CT molecular complexity index is 1100. The van der Waals surface area contributed by atoms with Crippen molar-refractivity contribution in [1.29, 1.82) is 5.26 Å². The van der Waals surface area contributed by atoms with E-state index in [4.69, 9.17) is 5.26 Å². The number of rotatable bonds is 6. The van der Waals surface area contributed by atoms with Crippen LogP contribution in [0.15, 0.2) is 58.8 Å². The lowest BCUT2D eigenvalue weighted by molar-refractivity contribution is -0.387. The molecule has 2 aromatic carbocycles. The third-order valence-corrected chi connectivity index (χ3v) is 5.29. The summed E-state index contributed by atoms with van der Waals surface area (Å²) in [7, 11) is 1.74. The van der Waals surface area contributed by atoms with Crippen molar-refractivity contribution in [3.8, 4) is 6.07 Å². The first-order valence-electron chi connectivity index (χ1n) is 8.50. The molecule has 1 atom stereocenters. The highest BCUT2D eigenvalue weighted by molar-refractivity contribution is 7.99. The number of amides is 1. The summed E-state index contributed by atoms with van der Waals surface area (Å²) in [6, 6.07) is 12.9. The van der Waals surface area contributed by atoms with Crippen LogP contribution in [0.5, 0.6) is 0 Å². The predicted octanol–water partition coefficient (Wildman–Crippen LogP) is 3.24. The fourth-order valence-electron chi connectivity index (χ4n) is 2.56. The van der Waals surface area contributed by atoms with Crippen molar-refractivity contribution in [1.82, 2.24) is 20.1 Å². The van der Waals surface area contributed by atoms with Gasteiger partial charge in [-0.2, -0.15) is 5.26 Å². The standard InChI is InChI=1S/C19H16N6O3S/c1-12(14-5-3-13(10-20)4-6-14)22-18(26)15-7-8-17(16(9-15)25(27)28)29-19-23-21-11-24(19)2/h3-9,11-12H,1-2H3,(H,22,26). The van der Waals surface area contributed by atoms with Gasteiger partial charge in [-0.1, -0.05) is 12.1 Å². The van der Waals surface area contributed by atoms with Crippen LogP contribution in [0.4, 0.5) is 5.69 Å². The molecule has 0 spiro atoms. The number of nitriles is 1. The Kier molecular flexibility index (Phi) is 5.90. The van der Waals surface area contributed by atoms with E-state index in [9.17, 15) is 14.9 Å². The van der Waals surface area contributed by atoms with Gasteiger partial charge >= 0.3 is 0 Å². The van der Waals surface area contributed by atoms with E-state index in [0.717, 1.165) is 17.3 Å². The third-order valence-electron chi connectivity index (χ3n) is 4.18. The predicted molar refractivity (Wildman–Crippen MR) is 105 cm³/mol. The number of nitro groups is 1. The Labute approximate surface area is 170 Å². The van der Waals surface area contributed by atoms with Crippen molar-refractivity contribution in [3.05, 3.63) is 75.6 Å². The van der Waals surface area contributed by atoms with Crippen LogP contribution in [0, 0.1) is 21.4 Å². The van der Waals surface area contributed by atoms with Gasteiger partial charge in [0, 0.05) is 18.7 Å². The second kappa shape index (κ2) is 8.53. The van der Waals surface area contributed by atoms with Gasteiger partial charge in [0.15, 0.2) is 5.16 Å². The normalized spacial score (nSPS) is 11.5. The van der Waals surface area contributed by atoms with Crippen LogP contribution in [0.25, 0.3) is 0 Å². The van der Waals surface area contributed by atoms with E-state index in [-0.39, 0.29) is 17.3 Å². The summed E-state index contributed by atoms with van der Waals surface area (Å²) >= 11 is 1.10. The highest BCUT2D eigenvalue weighted by atomic mass is 32.2. The van der Waals surface area contributed by atoms with E-state index in [1.807, 2.05) is 6.07 Å². The van der Waals surface area contributed by atoms with Gasteiger partial charge in [-0.25, -0.2) is 0 Å². The first-order valence-corrected chi connectivity index (χ1v) is 9.32. The summed E-state index contributed by atoms with van der Waals surface area (Å²) in [5.41, 5.74) is 1.34. The molecule has 0 saturated heterocycles. The number of hydrogen-bond donors (Lipinski definition) is 1. The van der Waals surface area contributed by atoms with E-state index in [1.165, 1.54) is 24.5 Å². The zero-order chi connectivity index (χ0) is 21.0. The topological polar surface area (TPSA) is 127 Å². The largest absolute Gasteiger partial charge is 0.346 e. The fourth-order valence-corrected chi connectivity index (χ4v) is 3.41. The average Bonchev–Trinajstić information content (AvgIpc) is 3.12. The van der Waals surface area contributed by atoms with Gasteiger partial charge in [-0.05, 0) is 48.5 Å². The maximum atomic E-state index is 12.6. The Morgan fingerprint density at radius 1 is 1.31 bits per heavy atom. The van der Waals surface area contributed by atoms with Crippen molar-refractivity contribution in [2.75, 3.05) is 0 Å². The van der Waals surface area contributed by atoms with Crippen molar-refractivity contribution in [2.24, 2.45) is 7.05 Å². The zero-order valence-corrected chi connectivity index (χ0v) is 16.4. The molecule has 3 aromatic rings. The SMILES string of the molecule is CC(NC(=O)c1ccc(Sc2nncn2C)c([N+](=O)[O-])c1)c1ccc(C#N)cc1. The maximum absolute atomic E-state index is 12.6. The molecule has 1 unspecified atom stereocenters. The van der Waals surface area contributed by atoms with Gasteiger partial charge in [0.2, 0.25) is 0 Å². The Morgan fingerprint density at radius 3 is 2.62 bits per heavy atom. The summed E-state index contributed by atoms with van der Waals surface area (Å²) in [4.78, 5) is 23.9. The van der Waals surface area contributed by atoms with Crippen LogP contribution in [0.3, 0.4) is 0 Å². The van der Waals surface area contributed by atoms with Gasteiger partial charge in [0.25, 0.3) is 11.6 Å². The lowest BCUT2D eigenvalue weighted by Crippen LogP contribution is -2.26. The number of hydrogen-bond acceptors (Lipinski definition) is 7. The number of benzene rings is 2. The fraction of sp³-hybridized carbons (Fsp3) is 0.158. The van der Waals surface area contributed by atoms with Crippen LogP contribution < -0.4 is 5.32 Å².